The fraction of sp³-hybridized carbons (Fsp3) is 0.250. The molecular formula is C16H17ClFN. The van der Waals surface area contributed by atoms with E-state index >= 15 is 0 Å². The normalized spacial score (nSPS) is 12.5. The van der Waals surface area contributed by atoms with Gasteiger partial charge in [0, 0.05) is 5.02 Å². The molecule has 0 aliphatic heterocycles. The largest absolute Gasteiger partial charge is 0.309 e. The molecule has 0 fully saturated rings. The molecule has 1 N–H and O–H groups in total. The summed E-state index contributed by atoms with van der Waals surface area (Å²) in [5.41, 5.74) is 3.84. The monoisotopic (exact) mass is 277 g/mol. The third kappa shape index (κ3) is 2.80. The first-order valence-electron chi connectivity index (χ1n) is 6.23. The lowest BCUT2D eigenvalue weighted by Gasteiger charge is -2.20. The van der Waals surface area contributed by atoms with Gasteiger partial charge in [0.25, 0.3) is 0 Å². The predicted octanol–water partition coefficient (Wildman–Crippen LogP) is 4.40. The van der Waals surface area contributed by atoms with E-state index in [1.165, 1.54) is 6.07 Å². The topological polar surface area (TPSA) is 12.0 Å². The van der Waals surface area contributed by atoms with Gasteiger partial charge in [0.1, 0.15) is 5.82 Å². The molecule has 2 rings (SSSR count). The molecule has 0 amide bonds. The van der Waals surface area contributed by atoms with Gasteiger partial charge in [-0.1, -0.05) is 35.9 Å². The van der Waals surface area contributed by atoms with Gasteiger partial charge >= 0.3 is 0 Å². The predicted molar refractivity (Wildman–Crippen MR) is 78.2 cm³/mol. The zero-order valence-electron chi connectivity index (χ0n) is 11.3. The minimum Gasteiger partial charge on any atom is -0.309 e. The van der Waals surface area contributed by atoms with Crippen LogP contribution in [0.25, 0.3) is 0 Å². The number of benzene rings is 2. The van der Waals surface area contributed by atoms with Crippen molar-refractivity contribution < 1.29 is 4.39 Å². The first-order chi connectivity index (χ1) is 9.04. The summed E-state index contributed by atoms with van der Waals surface area (Å²) in [5, 5.41) is 4.02. The fourth-order valence-corrected chi connectivity index (χ4v) is 2.47. The van der Waals surface area contributed by atoms with Crippen LogP contribution in [0.1, 0.15) is 28.3 Å². The summed E-state index contributed by atoms with van der Waals surface area (Å²) in [5.74, 6) is -0.179. The molecule has 2 aromatic rings. The van der Waals surface area contributed by atoms with Crippen LogP contribution in [-0.2, 0) is 0 Å². The second-order valence-corrected chi connectivity index (χ2v) is 5.09. The molecule has 0 saturated heterocycles. The maximum Gasteiger partial charge on any atom is 0.126 e. The lowest BCUT2D eigenvalue weighted by Crippen LogP contribution is -2.19. The van der Waals surface area contributed by atoms with Gasteiger partial charge < -0.3 is 5.32 Å². The molecule has 0 saturated carbocycles. The molecule has 1 unspecified atom stereocenters. The average molecular weight is 278 g/mol. The summed E-state index contributed by atoms with van der Waals surface area (Å²) >= 11 is 6.17. The number of hydrogen-bond donors (Lipinski definition) is 1. The van der Waals surface area contributed by atoms with Crippen molar-refractivity contribution in [3.8, 4) is 0 Å². The van der Waals surface area contributed by atoms with Crippen LogP contribution in [0.2, 0.25) is 5.02 Å². The Balaban J connectivity index is 2.50. The van der Waals surface area contributed by atoms with Crippen LogP contribution >= 0.6 is 11.6 Å². The van der Waals surface area contributed by atoms with Gasteiger partial charge in [-0.2, -0.15) is 0 Å². The van der Waals surface area contributed by atoms with Gasteiger partial charge in [-0.3, -0.25) is 0 Å². The average Bonchev–Trinajstić information content (AvgIpc) is 2.39. The Morgan fingerprint density at radius 1 is 1.16 bits per heavy atom. The summed E-state index contributed by atoms with van der Waals surface area (Å²) in [7, 11) is 1.89. The molecule has 0 aliphatic rings. The van der Waals surface area contributed by atoms with Crippen molar-refractivity contribution >= 4 is 11.6 Å². The summed E-state index contributed by atoms with van der Waals surface area (Å²) in [4.78, 5) is 0. The van der Waals surface area contributed by atoms with Crippen molar-refractivity contribution in [2.45, 2.75) is 19.9 Å². The summed E-state index contributed by atoms with van der Waals surface area (Å²) < 4.78 is 13.4. The fourth-order valence-electron chi connectivity index (χ4n) is 2.29. The summed E-state index contributed by atoms with van der Waals surface area (Å²) in [6.07, 6.45) is 0. The number of aryl methyl sites for hydroxylation is 1. The van der Waals surface area contributed by atoms with E-state index in [9.17, 15) is 4.39 Å². The lowest BCUT2D eigenvalue weighted by atomic mass is 9.94. The van der Waals surface area contributed by atoms with Crippen LogP contribution in [0.3, 0.4) is 0 Å². The Hall–Kier alpha value is -1.38. The zero-order chi connectivity index (χ0) is 14.0. The third-order valence-electron chi connectivity index (χ3n) is 3.42. The highest BCUT2D eigenvalue weighted by molar-refractivity contribution is 6.31. The van der Waals surface area contributed by atoms with Crippen molar-refractivity contribution in [2.75, 3.05) is 7.05 Å². The molecule has 19 heavy (non-hydrogen) atoms. The number of halogens is 2. The van der Waals surface area contributed by atoms with Crippen LogP contribution in [0.15, 0.2) is 36.4 Å². The van der Waals surface area contributed by atoms with Gasteiger partial charge in [-0.05, 0) is 55.3 Å². The molecule has 1 nitrogen and oxygen atoms in total. The van der Waals surface area contributed by atoms with Crippen molar-refractivity contribution in [1.29, 1.82) is 0 Å². The van der Waals surface area contributed by atoms with Gasteiger partial charge in [0.05, 0.1) is 6.04 Å². The lowest BCUT2D eigenvalue weighted by molar-refractivity contribution is 0.613. The van der Waals surface area contributed by atoms with E-state index in [1.54, 1.807) is 6.92 Å². The highest BCUT2D eigenvalue weighted by Gasteiger charge is 2.16. The number of nitrogens with one attached hydrogen (secondary N) is 1. The minimum absolute atomic E-state index is 0.0120. The Bertz CT molecular complexity index is 595. The molecule has 0 spiro atoms. The molecule has 3 heteroatoms. The van der Waals surface area contributed by atoms with E-state index in [4.69, 9.17) is 11.6 Å². The zero-order valence-corrected chi connectivity index (χ0v) is 12.1. The first kappa shape index (κ1) is 14.0. The van der Waals surface area contributed by atoms with E-state index in [-0.39, 0.29) is 11.9 Å². The highest BCUT2D eigenvalue weighted by Crippen LogP contribution is 2.29. The molecule has 1 atom stereocenters. The van der Waals surface area contributed by atoms with Gasteiger partial charge in [0.15, 0.2) is 0 Å². The van der Waals surface area contributed by atoms with Crippen LogP contribution < -0.4 is 5.32 Å². The van der Waals surface area contributed by atoms with Gasteiger partial charge in [0.2, 0.25) is 0 Å². The van der Waals surface area contributed by atoms with E-state index in [2.05, 4.69) is 5.32 Å². The molecule has 0 radical (unpaired) electrons. The van der Waals surface area contributed by atoms with E-state index in [0.29, 0.717) is 5.56 Å². The third-order valence-corrected chi connectivity index (χ3v) is 3.83. The Kier molecular flexibility index (Phi) is 4.23. The van der Waals surface area contributed by atoms with Crippen LogP contribution in [0, 0.1) is 19.7 Å². The summed E-state index contributed by atoms with van der Waals surface area (Å²) in [6.45, 7) is 3.77. The van der Waals surface area contributed by atoms with Crippen LogP contribution in [0.4, 0.5) is 4.39 Å². The second-order valence-electron chi connectivity index (χ2n) is 4.68. The quantitative estimate of drug-likeness (QED) is 0.876. The molecule has 2 aromatic carbocycles. The van der Waals surface area contributed by atoms with Gasteiger partial charge in [-0.25, -0.2) is 4.39 Å². The Labute approximate surface area is 118 Å². The SMILES string of the molecule is CNC(c1ccc(F)c(C)c1)c1cccc(Cl)c1C. The van der Waals surface area contributed by atoms with E-state index < -0.39 is 0 Å². The van der Waals surface area contributed by atoms with Crippen molar-refractivity contribution in [2.24, 2.45) is 0 Å². The maximum atomic E-state index is 13.4. The van der Waals surface area contributed by atoms with Crippen molar-refractivity contribution in [1.82, 2.24) is 5.32 Å². The van der Waals surface area contributed by atoms with Gasteiger partial charge in [-0.15, -0.1) is 0 Å². The molecule has 0 bridgehead atoms. The van der Waals surface area contributed by atoms with E-state index in [1.807, 2.05) is 44.3 Å². The van der Waals surface area contributed by atoms with Crippen molar-refractivity contribution in [3.05, 3.63) is 69.5 Å². The Morgan fingerprint density at radius 2 is 1.89 bits per heavy atom. The molecule has 0 aromatic heterocycles. The first-order valence-corrected chi connectivity index (χ1v) is 6.60. The molecule has 100 valence electrons. The van der Waals surface area contributed by atoms with Crippen LogP contribution in [-0.4, -0.2) is 7.05 Å². The smallest absolute Gasteiger partial charge is 0.126 e. The standard InChI is InChI=1S/C16H17ClFN/c1-10-9-12(7-8-15(10)18)16(19-3)13-5-4-6-14(17)11(13)2/h4-9,16,19H,1-3H3. The second kappa shape index (κ2) is 5.72. The Morgan fingerprint density at radius 3 is 2.53 bits per heavy atom. The molecular weight excluding hydrogens is 261 g/mol. The van der Waals surface area contributed by atoms with Crippen molar-refractivity contribution in [3.63, 3.8) is 0 Å². The number of hydrogen-bond acceptors (Lipinski definition) is 1. The van der Waals surface area contributed by atoms with Crippen LogP contribution in [0.5, 0.6) is 0 Å². The van der Waals surface area contributed by atoms with E-state index in [0.717, 1.165) is 21.7 Å². The maximum absolute atomic E-state index is 13.4. The number of rotatable bonds is 3. The summed E-state index contributed by atoms with van der Waals surface area (Å²) in [6, 6.07) is 11.1. The molecule has 0 heterocycles. The minimum atomic E-state index is -0.179. The highest BCUT2D eigenvalue weighted by atomic mass is 35.5. The molecule has 0 aliphatic carbocycles.